The molecule has 0 aromatic heterocycles. The molecule has 8 nitrogen and oxygen atoms in total. The first-order valence-corrected chi connectivity index (χ1v) is 4.49. The van der Waals surface area contributed by atoms with E-state index < -0.39 is 30.1 Å². The van der Waals surface area contributed by atoms with Crippen LogP contribution in [0.1, 0.15) is 0 Å². The minimum atomic E-state index is -2.79. The van der Waals surface area contributed by atoms with Gasteiger partial charge < -0.3 is 19.9 Å². The Hall–Kier alpha value is -1.35. The summed E-state index contributed by atoms with van der Waals surface area (Å²) in [7, 11) is 2.56. The van der Waals surface area contributed by atoms with Gasteiger partial charge in [0.15, 0.2) is 6.73 Å². The molecular weight excluding hydrogens is 214 g/mol. The molecule has 0 heterocycles. The van der Waals surface area contributed by atoms with Crippen LogP contribution < -0.4 is 10.6 Å². The number of ether oxygens (including phenoxy) is 1. The molecule has 1 unspecified atom stereocenters. The lowest BCUT2D eigenvalue weighted by atomic mass is 10.9. The predicted molar refractivity (Wildman–Crippen MR) is 45.6 cm³/mol. The lowest BCUT2D eigenvalue weighted by molar-refractivity contribution is 0.114. The van der Waals surface area contributed by atoms with Crippen molar-refractivity contribution in [2.45, 2.75) is 0 Å². The molecule has 0 aliphatic heterocycles. The number of nitrogens with zero attached hydrogens (tertiary/aromatic N) is 1. The van der Waals surface area contributed by atoms with Crippen molar-refractivity contribution in [2.24, 2.45) is 0 Å². The third-order valence-electron chi connectivity index (χ3n) is 1.14. The Morgan fingerprint density at radius 2 is 2.00 bits per heavy atom. The highest BCUT2D eigenvalue weighted by Gasteiger charge is 2.13. The number of amides is 3. The van der Waals surface area contributed by atoms with Gasteiger partial charge in [0.05, 0.1) is 11.3 Å². The zero-order valence-corrected chi connectivity index (χ0v) is 8.42. The fraction of sp³-hybridized carbons (Fsp3) is 0.600. The molecule has 0 saturated heterocycles. The fourth-order valence-corrected chi connectivity index (χ4v) is 0.849. The van der Waals surface area contributed by atoms with Gasteiger partial charge in [0.25, 0.3) is 0 Å². The largest absolute Gasteiger partial charge is 0.755 e. The molecule has 1 atom stereocenters. The highest BCUT2D eigenvalue weighted by Crippen LogP contribution is 1.93. The van der Waals surface area contributed by atoms with E-state index in [4.69, 9.17) is 0 Å². The molecule has 0 rings (SSSR count). The maximum atomic E-state index is 10.9. The minimum Gasteiger partial charge on any atom is -0.755 e. The third kappa shape index (κ3) is 4.05. The van der Waals surface area contributed by atoms with Gasteiger partial charge in [0.2, 0.25) is 0 Å². The quantitative estimate of drug-likeness (QED) is 0.459. The number of alkyl carbamates (subject to hydrolysis) is 1. The summed E-state index contributed by atoms with van der Waals surface area (Å²) in [4.78, 5) is 21.4. The van der Waals surface area contributed by atoms with Crippen LogP contribution in [0.3, 0.4) is 0 Å². The Labute approximate surface area is 83.0 Å². The molecule has 0 aliphatic carbocycles. The van der Waals surface area contributed by atoms with Gasteiger partial charge in [-0.2, -0.15) is 0 Å². The van der Waals surface area contributed by atoms with Crippen LogP contribution in [0.5, 0.6) is 0 Å². The van der Waals surface area contributed by atoms with Gasteiger partial charge in [0, 0.05) is 14.1 Å². The standard InChI is InChI=1S/C5H11N3O5S/c1-6-4(9)8(14(11)12)3-13-5(10)7-2/h3H2,1-2H3,(H,6,9)(H,7,10)(H,11,12)/p-1. The lowest BCUT2D eigenvalue weighted by Gasteiger charge is -2.22. The first kappa shape index (κ1) is 12.7. The molecule has 0 bridgehead atoms. The monoisotopic (exact) mass is 224 g/mol. The highest BCUT2D eigenvalue weighted by molar-refractivity contribution is 7.77. The van der Waals surface area contributed by atoms with Gasteiger partial charge in [-0.1, -0.05) is 0 Å². The zero-order chi connectivity index (χ0) is 11.1. The van der Waals surface area contributed by atoms with Crippen LogP contribution in [0.15, 0.2) is 0 Å². The average molecular weight is 224 g/mol. The Kier molecular flexibility index (Phi) is 5.56. The van der Waals surface area contributed by atoms with Gasteiger partial charge >= 0.3 is 12.1 Å². The maximum absolute atomic E-state index is 10.9. The second-order valence-electron chi connectivity index (χ2n) is 1.96. The van der Waals surface area contributed by atoms with Crippen molar-refractivity contribution in [1.82, 2.24) is 14.9 Å². The average Bonchev–Trinajstić information content (AvgIpc) is 2.16. The van der Waals surface area contributed by atoms with Crippen molar-refractivity contribution < 1.29 is 23.1 Å². The van der Waals surface area contributed by atoms with E-state index in [1.807, 2.05) is 0 Å². The number of rotatable bonds is 3. The highest BCUT2D eigenvalue weighted by atomic mass is 32.2. The molecule has 2 N–H and O–H groups in total. The normalized spacial score (nSPS) is 11.4. The summed E-state index contributed by atoms with van der Waals surface area (Å²) in [5.74, 6) is 0. The number of carbonyl (C=O) groups is 2. The van der Waals surface area contributed by atoms with Gasteiger partial charge in [-0.3, -0.25) is 4.21 Å². The van der Waals surface area contributed by atoms with Crippen molar-refractivity contribution in [1.29, 1.82) is 0 Å². The van der Waals surface area contributed by atoms with Crippen molar-refractivity contribution in [2.75, 3.05) is 20.8 Å². The Balaban J connectivity index is 4.18. The van der Waals surface area contributed by atoms with E-state index in [-0.39, 0.29) is 0 Å². The summed E-state index contributed by atoms with van der Waals surface area (Å²) >= 11 is -2.79. The summed E-state index contributed by atoms with van der Waals surface area (Å²) < 4.78 is 25.6. The van der Waals surface area contributed by atoms with Gasteiger partial charge in [-0.25, -0.2) is 13.9 Å². The number of nitrogens with one attached hydrogen (secondary N) is 2. The lowest BCUT2D eigenvalue weighted by Crippen LogP contribution is -2.41. The number of hydrogen-bond acceptors (Lipinski definition) is 5. The van der Waals surface area contributed by atoms with E-state index in [0.29, 0.717) is 4.31 Å². The smallest absolute Gasteiger partial charge is 0.408 e. The Bertz CT molecular complexity index is 246. The first-order chi connectivity index (χ1) is 6.52. The predicted octanol–water partition coefficient (Wildman–Crippen LogP) is -1.26. The molecule has 14 heavy (non-hydrogen) atoms. The van der Waals surface area contributed by atoms with Gasteiger partial charge in [0.1, 0.15) is 0 Å². The van der Waals surface area contributed by atoms with Crippen LogP contribution >= 0.6 is 0 Å². The van der Waals surface area contributed by atoms with Crippen molar-refractivity contribution in [3.05, 3.63) is 0 Å². The van der Waals surface area contributed by atoms with Crippen LogP contribution in [-0.4, -0.2) is 46.0 Å². The second-order valence-corrected chi connectivity index (χ2v) is 2.84. The van der Waals surface area contributed by atoms with Crippen LogP contribution in [0.2, 0.25) is 0 Å². The fourth-order valence-electron chi connectivity index (χ4n) is 0.483. The van der Waals surface area contributed by atoms with Gasteiger partial charge in [-0.05, 0) is 0 Å². The Morgan fingerprint density at radius 3 is 2.36 bits per heavy atom. The van der Waals surface area contributed by atoms with E-state index in [0.717, 1.165) is 0 Å². The molecular formula is C5H10N3O5S-. The van der Waals surface area contributed by atoms with Crippen LogP contribution in [0, 0.1) is 0 Å². The molecule has 0 aromatic rings. The molecule has 0 aromatic carbocycles. The summed E-state index contributed by atoms with van der Waals surface area (Å²) in [5.41, 5.74) is 0. The molecule has 0 fully saturated rings. The molecule has 0 aliphatic rings. The third-order valence-corrected chi connectivity index (χ3v) is 1.77. The first-order valence-electron chi connectivity index (χ1n) is 3.46. The molecule has 3 amide bonds. The van der Waals surface area contributed by atoms with E-state index in [9.17, 15) is 18.4 Å². The van der Waals surface area contributed by atoms with Gasteiger partial charge in [-0.15, -0.1) is 0 Å². The van der Waals surface area contributed by atoms with E-state index in [1.54, 1.807) is 0 Å². The molecule has 82 valence electrons. The maximum Gasteiger partial charge on any atom is 0.408 e. The zero-order valence-electron chi connectivity index (χ0n) is 7.60. The molecule has 0 saturated carbocycles. The molecule has 0 spiro atoms. The van der Waals surface area contributed by atoms with Crippen molar-refractivity contribution >= 4 is 23.4 Å². The summed E-state index contributed by atoms with van der Waals surface area (Å²) in [6.45, 7) is -0.671. The summed E-state index contributed by atoms with van der Waals surface area (Å²) in [5, 5.41) is 4.17. The molecule has 9 heteroatoms. The van der Waals surface area contributed by atoms with Crippen molar-refractivity contribution in [3.63, 3.8) is 0 Å². The number of hydrogen-bond donors (Lipinski definition) is 2. The molecule has 0 radical (unpaired) electrons. The van der Waals surface area contributed by atoms with Crippen molar-refractivity contribution in [3.8, 4) is 0 Å². The van der Waals surface area contributed by atoms with E-state index in [1.165, 1.54) is 14.1 Å². The van der Waals surface area contributed by atoms with Crippen LogP contribution in [0.25, 0.3) is 0 Å². The summed E-state index contributed by atoms with van der Waals surface area (Å²) in [6.07, 6.45) is -0.829. The van der Waals surface area contributed by atoms with E-state index >= 15 is 0 Å². The van der Waals surface area contributed by atoms with Crippen LogP contribution in [-0.2, 0) is 16.0 Å². The number of carbonyl (C=O) groups excluding carboxylic acids is 2. The van der Waals surface area contributed by atoms with E-state index in [2.05, 4.69) is 15.4 Å². The SMILES string of the molecule is CNC(=O)OCN(C(=O)NC)S(=O)[O-]. The number of urea groups is 1. The Morgan fingerprint density at radius 1 is 1.43 bits per heavy atom. The van der Waals surface area contributed by atoms with Crippen LogP contribution in [0.4, 0.5) is 9.59 Å². The summed E-state index contributed by atoms with van der Waals surface area (Å²) in [6, 6.07) is -0.887. The minimum absolute atomic E-state index is 0.315. The topological polar surface area (TPSA) is 111 Å². The second kappa shape index (κ2) is 6.16.